The lowest BCUT2D eigenvalue weighted by atomic mass is 10.1. The molecule has 0 spiro atoms. The molecule has 0 unspecified atom stereocenters. The summed E-state index contributed by atoms with van der Waals surface area (Å²) in [5, 5.41) is 2.75. The summed E-state index contributed by atoms with van der Waals surface area (Å²) in [6.07, 6.45) is 0. The second-order valence-corrected chi connectivity index (χ2v) is 6.34. The van der Waals surface area contributed by atoms with Crippen molar-refractivity contribution in [1.82, 2.24) is 0 Å². The number of fused-ring (bicyclic) bond motifs is 1. The Labute approximate surface area is 164 Å². The Morgan fingerprint density at radius 2 is 1.74 bits per heavy atom. The molecule has 7 nitrogen and oxygen atoms in total. The summed E-state index contributed by atoms with van der Waals surface area (Å²) in [6.45, 7) is 0.791. The molecule has 0 bridgehead atoms. The number of halogens is 2. The first kappa shape index (κ1) is 19.0. The molecule has 2 aromatic rings. The molecule has 0 atom stereocenters. The van der Waals surface area contributed by atoms with Crippen LogP contribution in [-0.4, -0.2) is 31.1 Å². The number of carbonyl (C=O) groups excluding carboxylic acids is 3. The van der Waals surface area contributed by atoms with Gasteiger partial charge in [0.05, 0.1) is 21.3 Å². The van der Waals surface area contributed by atoms with E-state index in [2.05, 4.69) is 5.32 Å². The van der Waals surface area contributed by atoms with Crippen LogP contribution in [0.25, 0.3) is 0 Å². The number of benzene rings is 2. The topological polar surface area (TPSA) is 90.9 Å². The summed E-state index contributed by atoms with van der Waals surface area (Å²) < 4.78 is 15.4. The van der Waals surface area contributed by atoms with Gasteiger partial charge in [0.2, 0.25) is 6.79 Å². The number of ether oxygens (including phenoxy) is 3. The van der Waals surface area contributed by atoms with E-state index < -0.39 is 18.5 Å². The zero-order valence-electron chi connectivity index (χ0n) is 14.0. The fourth-order valence-corrected chi connectivity index (χ4v) is 2.97. The van der Waals surface area contributed by atoms with Crippen LogP contribution in [-0.2, 0) is 9.53 Å². The fraction of sp³-hybridized carbons (Fsp3) is 0.167. The number of esters is 1. The molecule has 0 radical (unpaired) electrons. The lowest BCUT2D eigenvalue weighted by molar-refractivity contribution is -0.119. The molecule has 9 heteroatoms. The molecule has 140 valence electrons. The highest BCUT2D eigenvalue weighted by Gasteiger charge is 2.21. The molecule has 0 fully saturated rings. The van der Waals surface area contributed by atoms with Crippen LogP contribution in [0.15, 0.2) is 30.3 Å². The summed E-state index contributed by atoms with van der Waals surface area (Å²) in [4.78, 5) is 36.1. The third-order valence-corrected chi connectivity index (χ3v) is 4.30. The predicted octanol–water partition coefficient (Wildman–Crippen LogP) is 3.72. The minimum Gasteiger partial charge on any atom is -0.454 e. The maximum absolute atomic E-state index is 12.2. The average molecular weight is 410 g/mol. The van der Waals surface area contributed by atoms with Gasteiger partial charge >= 0.3 is 5.97 Å². The van der Waals surface area contributed by atoms with Crippen molar-refractivity contribution in [3.63, 3.8) is 0 Å². The number of ketones is 1. The first-order chi connectivity index (χ1) is 12.9. The van der Waals surface area contributed by atoms with Gasteiger partial charge in [-0.3, -0.25) is 9.59 Å². The van der Waals surface area contributed by atoms with Gasteiger partial charge in [0.15, 0.2) is 23.9 Å². The Morgan fingerprint density at radius 3 is 2.37 bits per heavy atom. The molecular formula is C18H13Cl2NO6. The first-order valence-electron chi connectivity index (χ1n) is 7.72. The second kappa shape index (κ2) is 7.85. The van der Waals surface area contributed by atoms with Crippen LogP contribution in [0.3, 0.4) is 0 Å². The van der Waals surface area contributed by atoms with Gasteiger partial charge in [-0.2, -0.15) is 0 Å². The van der Waals surface area contributed by atoms with Crippen LogP contribution in [0.1, 0.15) is 27.6 Å². The van der Waals surface area contributed by atoms with E-state index in [0.29, 0.717) is 11.5 Å². The van der Waals surface area contributed by atoms with E-state index >= 15 is 0 Å². The Balaban J connectivity index is 1.70. The molecule has 0 aliphatic carbocycles. The Kier molecular flexibility index (Phi) is 5.53. The van der Waals surface area contributed by atoms with Crippen molar-refractivity contribution in [3.8, 4) is 11.5 Å². The van der Waals surface area contributed by atoms with Crippen molar-refractivity contribution < 1.29 is 28.6 Å². The van der Waals surface area contributed by atoms with Crippen LogP contribution in [0.5, 0.6) is 11.5 Å². The standard InChI is InChI=1S/C18H13Cl2NO6/c1-9(22)10-5-14-15(27-8-26-14)6-13(10)21-16(23)7-25-18(24)17-11(19)3-2-4-12(17)20/h2-6H,7-8H2,1H3,(H,21,23). The summed E-state index contributed by atoms with van der Waals surface area (Å²) in [6, 6.07) is 7.50. The third kappa shape index (κ3) is 4.15. The van der Waals surface area contributed by atoms with Gasteiger partial charge in [0, 0.05) is 11.6 Å². The molecule has 0 saturated heterocycles. The SMILES string of the molecule is CC(=O)c1cc2c(cc1NC(=O)COC(=O)c1c(Cl)cccc1Cl)OCO2. The van der Waals surface area contributed by atoms with Gasteiger partial charge < -0.3 is 19.5 Å². The molecule has 1 aliphatic heterocycles. The molecule has 0 aromatic heterocycles. The largest absolute Gasteiger partial charge is 0.454 e. The highest BCUT2D eigenvalue weighted by atomic mass is 35.5. The Morgan fingerprint density at radius 1 is 1.11 bits per heavy atom. The van der Waals surface area contributed by atoms with Crippen LogP contribution in [0.4, 0.5) is 5.69 Å². The maximum Gasteiger partial charge on any atom is 0.341 e. The highest BCUT2D eigenvalue weighted by molar-refractivity contribution is 6.39. The lowest BCUT2D eigenvalue weighted by Gasteiger charge is -2.11. The van der Waals surface area contributed by atoms with Crippen LogP contribution in [0.2, 0.25) is 10.0 Å². The molecule has 1 N–H and O–H groups in total. The van der Waals surface area contributed by atoms with E-state index in [-0.39, 0.29) is 39.4 Å². The first-order valence-corrected chi connectivity index (χ1v) is 8.48. The molecule has 1 heterocycles. The third-order valence-electron chi connectivity index (χ3n) is 3.67. The Bertz CT molecular complexity index is 923. The van der Waals surface area contributed by atoms with Crippen molar-refractivity contribution >= 4 is 46.5 Å². The lowest BCUT2D eigenvalue weighted by Crippen LogP contribution is -2.22. The summed E-state index contributed by atoms with van der Waals surface area (Å²) in [5.41, 5.74) is 0.442. The number of hydrogen-bond donors (Lipinski definition) is 1. The normalized spacial score (nSPS) is 11.8. The number of anilines is 1. The van der Waals surface area contributed by atoms with Crippen molar-refractivity contribution in [1.29, 1.82) is 0 Å². The van der Waals surface area contributed by atoms with Crippen molar-refractivity contribution in [2.75, 3.05) is 18.7 Å². The van der Waals surface area contributed by atoms with E-state index in [4.69, 9.17) is 37.4 Å². The highest BCUT2D eigenvalue weighted by Crippen LogP contribution is 2.37. The zero-order chi connectivity index (χ0) is 19.6. The monoisotopic (exact) mass is 409 g/mol. The van der Waals surface area contributed by atoms with Gasteiger partial charge in [0.1, 0.15) is 0 Å². The van der Waals surface area contributed by atoms with E-state index in [1.807, 2.05) is 0 Å². The Hall–Kier alpha value is -2.77. The molecule has 27 heavy (non-hydrogen) atoms. The molecule has 0 saturated carbocycles. The summed E-state index contributed by atoms with van der Waals surface area (Å²) >= 11 is 11.9. The van der Waals surface area contributed by atoms with Crippen LogP contribution < -0.4 is 14.8 Å². The molecular weight excluding hydrogens is 397 g/mol. The zero-order valence-corrected chi connectivity index (χ0v) is 15.5. The molecule has 2 aromatic carbocycles. The number of nitrogens with one attached hydrogen (secondary N) is 1. The van der Waals surface area contributed by atoms with E-state index in [0.717, 1.165) is 0 Å². The van der Waals surface area contributed by atoms with Crippen LogP contribution in [0, 0.1) is 0 Å². The minimum atomic E-state index is -0.835. The number of rotatable bonds is 5. The van der Waals surface area contributed by atoms with Gasteiger partial charge in [-0.05, 0) is 25.1 Å². The molecule has 3 rings (SSSR count). The number of carbonyl (C=O) groups is 3. The second-order valence-electron chi connectivity index (χ2n) is 5.53. The van der Waals surface area contributed by atoms with Gasteiger partial charge in [-0.15, -0.1) is 0 Å². The van der Waals surface area contributed by atoms with E-state index in [9.17, 15) is 14.4 Å². The number of Topliss-reactive ketones (excluding diaryl/α,β-unsaturated/α-hetero) is 1. The molecule has 1 amide bonds. The average Bonchev–Trinajstić information content (AvgIpc) is 3.06. The maximum atomic E-state index is 12.2. The van der Waals surface area contributed by atoms with E-state index in [1.165, 1.54) is 31.2 Å². The quantitative estimate of drug-likeness (QED) is 0.597. The van der Waals surface area contributed by atoms with Gasteiger partial charge in [0.25, 0.3) is 5.91 Å². The summed E-state index contributed by atoms with van der Waals surface area (Å²) in [7, 11) is 0. The van der Waals surface area contributed by atoms with Crippen molar-refractivity contribution in [2.24, 2.45) is 0 Å². The minimum absolute atomic E-state index is 0.0267. The fourth-order valence-electron chi connectivity index (χ4n) is 2.42. The number of amides is 1. The van der Waals surface area contributed by atoms with Crippen molar-refractivity contribution in [3.05, 3.63) is 51.5 Å². The van der Waals surface area contributed by atoms with Crippen LogP contribution >= 0.6 is 23.2 Å². The summed E-state index contributed by atoms with van der Waals surface area (Å²) in [5.74, 6) is -0.942. The van der Waals surface area contributed by atoms with E-state index in [1.54, 1.807) is 6.07 Å². The number of hydrogen-bond acceptors (Lipinski definition) is 6. The van der Waals surface area contributed by atoms with Crippen molar-refractivity contribution in [2.45, 2.75) is 6.92 Å². The smallest absolute Gasteiger partial charge is 0.341 e. The predicted molar refractivity (Wildman–Crippen MR) is 97.9 cm³/mol. The van der Waals surface area contributed by atoms with Gasteiger partial charge in [-0.1, -0.05) is 29.3 Å². The molecule has 1 aliphatic rings. The van der Waals surface area contributed by atoms with Gasteiger partial charge in [-0.25, -0.2) is 4.79 Å².